The summed E-state index contributed by atoms with van der Waals surface area (Å²) in [6, 6.07) is 21.8. The lowest BCUT2D eigenvalue weighted by Crippen LogP contribution is -1.94. The van der Waals surface area contributed by atoms with Gasteiger partial charge in [-0.1, -0.05) is 42.5 Å². The third kappa shape index (κ3) is 2.47. The van der Waals surface area contributed by atoms with Crippen molar-refractivity contribution in [2.45, 2.75) is 0 Å². The van der Waals surface area contributed by atoms with Crippen LogP contribution in [0.5, 0.6) is 0 Å². The predicted octanol–water partition coefficient (Wildman–Crippen LogP) is 5.42. The van der Waals surface area contributed by atoms with Crippen LogP contribution in [0.15, 0.2) is 78.0 Å². The summed E-state index contributed by atoms with van der Waals surface area (Å²) in [7, 11) is 0. The number of halogens is 1. The molecule has 0 aliphatic heterocycles. The summed E-state index contributed by atoms with van der Waals surface area (Å²) in [5.41, 5.74) is 5.78. The Morgan fingerprint density at radius 2 is 1.52 bits per heavy atom. The highest BCUT2D eigenvalue weighted by molar-refractivity contribution is 6.20. The molecule has 5 rings (SSSR count). The van der Waals surface area contributed by atoms with Gasteiger partial charge in [-0.05, 0) is 23.3 Å². The third-order valence-electron chi connectivity index (χ3n) is 5.53. The molecule has 0 atom stereocenters. The molecule has 0 saturated carbocycles. The normalized spacial score (nSPS) is 16.7. The second-order valence-electron chi connectivity index (χ2n) is 7.02. The second kappa shape index (κ2) is 6.92. The second-order valence-corrected chi connectivity index (χ2v) is 7.02. The number of benzene rings is 2. The van der Waals surface area contributed by atoms with Crippen molar-refractivity contribution in [1.82, 2.24) is 4.98 Å². The number of rotatable bonds is 0. The zero-order valence-electron chi connectivity index (χ0n) is 16.0. The van der Waals surface area contributed by atoms with Gasteiger partial charge in [0.1, 0.15) is 23.5 Å². The summed E-state index contributed by atoms with van der Waals surface area (Å²) in [4.78, 5) is 4.53. The van der Waals surface area contributed by atoms with Gasteiger partial charge >= 0.3 is 0 Å². The number of allylic oxidation sites excluding steroid dienone is 5. The maximum Gasteiger partial charge on any atom is 0.138 e. The molecule has 1 heterocycles. The minimum absolute atomic E-state index is 0.134. The average Bonchev–Trinajstić information content (AvgIpc) is 3.29. The van der Waals surface area contributed by atoms with E-state index in [1.807, 2.05) is 48.5 Å². The van der Waals surface area contributed by atoms with Crippen LogP contribution >= 0.6 is 0 Å². The average molecular weight is 398 g/mol. The Kier molecular flexibility index (Phi) is 4.07. The van der Waals surface area contributed by atoms with Crippen LogP contribution in [0.25, 0.3) is 28.0 Å². The van der Waals surface area contributed by atoms with Gasteiger partial charge in [0, 0.05) is 51.3 Å². The molecule has 3 aromatic rings. The number of nitrogens with zero attached hydrogens (tertiary/aromatic N) is 4. The van der Waals surface area contributed by atoms with Gasteiger partial charge < -0.3 is 0 Å². The van der Waals surface area contributed by atoms with Crippen molar-refractivity contribution in [3.05, 3.63) is 106 Å². The number of aromatic nitrogens is 1. The van der Waals surface area contributed by atoms with E-state index in [2.05, 4.69) is 4.98 Å². The molecular formula is C26H11FN4. The van der Waals surface area contributed by atoms with Gasteiger partial charge in [-0.2, -0.15) is 15.8 Å². The van der Waals surface area contributed by atoms with E-state index in [-0.39, 0.29) is 11.1 Å². The maximum absolute atomic E-state index is 15.0. The molecule has 4 nitrogen and oxygen atoms in total. The fourth-order valence-electron chi connectivity index (χ4n) is 4.41. The number of nitriles is 3. The lowest BCUT2D eigenvalue weighted by Gasteiger charge is -2.12. The predicted molar refractivity (Wildman–Crippen MR) is 114 cm³/mol. The fraction of sp³-hybridized carbons (Fsp3) is 0. The van der Waals surface area contributed by atoms with Crippen molar-refractivity contribution in [2.75, 3.05) is 0 Å². The molecule has 0 N–H and O–H groups in total. The lowest BCUT2D eigenvalue weighted by molar-refractivity contribution is 0.624. The molecule has 142 valence electrons. The molecule has 0 spiro atoms. The van der Waals surface area contributed by atoms with Crippen LogP contribution in [0.3, 0.4) is 0 Å². The summed E-state index contributed by atoms with van der Waals surface area (Å²) in [6.07, 6.45) is 2.98. The highest BCUT2D eigenvalue weighted by Gasteiger charge is 2.37. The Morgan fingerprint density at radius 3 is 2.26 bits per heavy atom. The van der Waals surface area contributed by atoms with Crippen LogP contribution in [0.4, 0.5) is 4.39 Å². The first-order chi connectivity index (χ1) is 15.2. The van der Waals surface area contributed by atoms with Crippen LogP contribution in [0.2, 0.25) is 0 Å². The topological polar surface area (TPSA) is 84.3 Å². The summed E-state index contributed by atoms with van der Waals surface area (Å²) >= 11 is 0. The molecule has 1 aromatic heterocycles. The van der Waals surface area contributed by atoms with Crippen LogP contribution in [-0.4, -0.2) is 4.98 Å². The van der Waals surface area contributed by atoms with Crippen LogP contribution < -0.4 is 0 Å². The highest BCUT2D eigenvalue weighted by atomic mass is 19.1. The molecule has 0 bridgehead atoms. The molecule has 2 aliphatic carbocycles. The van der Waals surface area contributed by atoms with E-state index in [9.17, 15) is 20.2 Å². The SMILES string of the molecule is N#CC=C1/C(=C2/c3ccccc3-c3ncccc32)C(=C(C#N)C#N)c2cccc(F)c21. The van der Waals surface area contributed by atoms with Gasteiger partial charge in [0.05, 0.1) is 11.8 Å². The molecule has 0 fully saturated rings. The zero-order chi connectivity index (χ0) is 21.5. The zero-order valence-corrected chi connectivity index (χ0v) is 16.0. The van der Waals surface area contributed by atoms with E-state index in [0.717, 1.165) is 28.0 Å². The van der Waals surface area contributed by atoms with E-state index in [1.54, 1.807) is 18.3 Å². The van der Waals surface area contributed by atoms with Gasteiger partial charge in [-0.25, -0.2) is 4.39 Å². The van der Waals surface area contributed by atoms with E-state index < -0.39 is 5.82 Å². The van der Waals surface area contributed by atoms with Crippen molar-refractivity contribution in [3.63, 3.8) is 0 Å². The van der Waals surface area contributed by atoms with Crippen LogP contribution in [-0.2, 0) is 0 Å². The quantitative estimate of drug-likeness (QED) is 0.370. The number of hydrogen-bond donors (Lipinski definition) is 0. The first-order valence-electron chi connectivity index (χ1n) is 9.45. The van der Waals surface area contributed by atoms with Gasteiger partial charge in [-0.15, -0.1) is 0 Å². The first-order valence-corrected chi connectivity index (χ1v) is 9.45. The monoisotopic (exact) mass is 398 g/mol. The van der Waals surface area contributed by atoms with Crippen LogP contribution in [0.1, 0.15) is 22.3 Å². The van der Waals surface area contributed by atoms with Crippen molar-refractivity contribution in [2.24, 2.45) is 0 Å². The molecule has 0 radical (unpaired) electrons. The standard InChI is InChI=1S/C26H11FN4/c27-21-9-3-7-18-22(15(13-29)14-30)25(19(10-11-28)23(18)21)24-16-5-1-2-6-17(16)26-20(24)8-4-12-31-26/h1-10,12H/b19-10?,25-24+. The Morgan fingerprint density at radius 1 is 0.806 bits per heavy atom. The lowest BCUT2D eigenvalue weighted by atomic mass is 9.89. The van der Waals surface area contributed by atoms with Gasteiger partial charge in [-0.3, -0.25) is 4.98 Å². The largest absolute Gasteiger partial charge is 0.256 e. The Labute approximate surface area is 177 Å². The van der Waals surface area contributed by atoms with Crippen molar-refractivity contribution < 1.29 is 4.39 Å². The smallest absolute Gasteiger partial charge is 0.138 e. The third-order valence-corrected chi connectivity index (χ3v) is 5.53. The first kappa shape index (κ1) is 18.3. The summed E-state index contributed by atoms with van der Waals surface area (Å²) < 4.78 is 15.0. The Bertz CT molecular complexity index is 1450. The highest BCUT2D eigenvalue weighted by Crippen LogP contribution is 2.55. The van der Waals surface area contributed by atoms with E-state index in [4.69, 9.17) is 0 Å². The molecule has 0 saturated heterocycles. The summed E-state index contributed by atoms with van der Waals surface area (Å²) in [5.74, 6) is -0.514. The van der Waals surface area contributed by atoms with Crippen LogP contribution in [0, 0.1) is 39.8 Å². The molecular weight excluding hydrogens is 387 g/mol. The van der Waals surface area contributed by atoms with Crippen molar-refractivity contribution in [3.8, 4) is 29.5 Å². The molecule has 2 aliphatic rings. The van der Waals surface area contributed by atoms with Gasteiger partial charge in [0.15, 0.2) is 0 Å². The minimum Gasteiger partial charge on any atom is -0.256 e. The summed E-state index contributed by atoms with van der Waals surface area (Å²) in [5, 5.41) is 28.9. The van der Waals surface area contributed by atoms with Gasteiger partial charge in [0.25, 0.3) is 0 Å². The summed E-state index contributed by atoms with van der Waals surface area (Å²) in [6.45, 7) is 0. The fourth-order valence-corrected chi connectivity index (χ4v) is 4.41. The number of pyridine rings is 1. The maximum atomic E-state index is 15.0. The number of fused-ring (bicyclic) bond motifs is 4. The molecule has 2 aromatic carbocycles. The number of hydrogen-bond acceptors (Lipinski definition) is 4. The molecule has 0 unspecified atom stereocenters. The Hall–Kier alpha value is -4.79. The minimum atomic E-state index is -0.514. The molecule has 0 amide bonds. The molecule has 31 heavy (non-hydrogen) atoms. The Balaban J connectivity index is 2.04. The molecule has 5 heteroatoms. The van der Waals surface area contributed by atoms with Gasteiger partial charge in [0.2, 0.25) is 0 Å². The van der Waals surface area contributed by atoms with E-state index in [0.29, 0.717) is 22.3 Å². The van der Waals surface area contributed by atoms with E-state index >= 15 is 0 Å². The van der Waals surface area contributed by atoms with Crippen molar-refractivity contribution >= 4 is 16.7 Å². The van der Waals surface area contributed by atoms with E-state index in [1.165, 1.54) is 18.2 Å². The van der Waals surface area contributed by atoms with Crippen molar-refractivity contribution in [1.29, 1.82) is 15.8 Å².